The molecule has 1 aliphatic rings. The molecule has 5 aromatic heterocycles. The minimum absolute atomic E-state index is 0.507. The Hall–Kier alpha value is -3.05. The zero-order valence-corrected chi connectivity index (χ0v) is 22.8. The molecule has 6 heterocycles. The molecule has 0 aromatic carbocycles. The van der Waals surface area contributed by atoms with E-state index in [1.165, 1.54) is 4.70 Å². The summed E-state index contributed by atoms with van der Waals surface area (Å²) in [7, 11) is 0. The molecular weight excluding hydrogens is 521 g/mol. The molecule has 1 fully saturated rings. The van der Waals surface area contributed by atoms with Gasteiger partial charge in [0.1, 0.15) is 5.75 Å². The third-order valence-corrected chi connectivity index (χ3v) is 9.13. The Bertz CT molecular complexity index is 1510. The van der Waals surface area contributed by atoms with Crippen molar-refractivity contribution in [2.45, 2.75) is 41.9 Å². The SMILES string of the molecule is CCc1ncccc1Oc1cc(Sc2ccnc3ccsc23)cnc1Nc1nc(C2CCNCC2)cs1. The fraction of sp³-hybridized carbons (Fsp3) is 0.259. The van der Waals surface area contributed by atoms with E-state index in [9.17, 15) is 0 Å². The molecule has 0 amide bonds. The minimum atomic E-state index is 0.507. The lowest BCUT2D eigenvalue weighted by Gasteiger charge is -2.20. The fourth-order valence-electron chi connectivity index (χ4n) is 4.36. The van der Waals surface area contributed by atoms with Gasteiger partial charge in [-0.15, -0.1) is 22.7 Å². The van der Waals surface area contributed by atoms with E-state index in [4.69, 9.17) is 14.7 Å². The van der Waals surface area contributed by atoms with E-state index in [2.05, 4.69) is 38.3 Å². The number of aromatic nitrogens is 4. The van der Waals surface area contributed by atoms with Crippen LogP contribution in [0.1, 0.15) is 37.1 Å². The van der Waals surface area contributed by atoms with Gasteiger partial charge >= 0.3 is 0 Å². The van der Waals surface area contributed by atoms with Crippen molar-refractivity contribution >= 4 is 55.6 Å². The molecule has 6 rings (SSSR count). The Morgan fingerprint density at radius 2 is 2.00 bits per heavy atom. The summed E-state index contributed by atoms with van der Waals surface area (Å²) in [6, 6.07) is 9.97. The maximum atomic E-state index is 6.44. The van der Waals surface area contributed by atoms with Crippen LogP contribution in [0, 0.1) is 0 Å². The number of piperidine rings is 1. The minimum Gasteiger partial charge on any atom is -0.452 e. The monoisotopic (exact) mass is 546 g/mol. The Morgan fingerprint density at radius 1 is 1.08 bits per heavy atom. The second-order valence-electron chi connectivity index (χ2n) is 8.69. The van der Waals surface area contributed by atoms with Crippen LogP contribution in [0.3, 0.4) is 0 Å². The van der Waals surface area contributed by atoms with Gasteiger partial charge in [0.15, 0.2) is 16.7 Å². The number of fused-ring (bicyclic) bond motifs is 1. The molecule has 0 bridgehead atoms. The summed E-state index contributed by atoms with van der Waals surface area (Å²) in [5, 5.41) is 11.9. The smallest absolute Gasteiger partial charge is 0.188 e. The number of aryl methyl sites for hydroxylation is 1. The molecule has 5 aromatic rings. The highest BCUT2D eigenvalue weighted by Crippen LogP contribution is 2.40. The zero-order valence-electron chi connectivity index (χ0n) is 20.3. The predicted molar refractivity (Wildman–Crippen MR) is 152 cm³/mol. The van der Waals surface area contributed by atoms with Crippen molar-refractivity contribution in [3.05, 3.63) is 71.1 Å². The van der Waals surface area contributed by atoms with E-state index in [1.807, 2.05) is 42.7 Å². The summed E-state index contributed by atoms with van der Waals surface area (Å²) >= 11 is 4.97. The first-order valence-corrected chi connectivity index (χ1v) is 14.9. The molecular formula is C27H26N6OS3. The maximum Gasteiger partial charge on any atom is 0.188 e. The van der Waals surface area contributed by atoms with Crippen LogP contribution in [0.2, 0.25) is 0 Å². The van der Waals surface area contributed by atoms with Crippen molar-refractivity contribution < 1.29 is 4.74 Å². The molecule has 0 radical (unpaired) electrons. The van der Waals surface area contributed by atoms with Gasteiger partial charge in [-0.2, -0.15) is 0 Å². The van der Waals surface area contributed by atoms with Gasteiger partial charge in [0.2, 0.25) is 0 Å². The number of pyridine rings is 3. The van der Waals surface area contributed by atoms with Gasteiger partial charge < -0.3 is 15.4 Å². The Balaban J connectivity index is 1.31. The summed E-state index contributed by atoms with van der Waals surface area (Å²) in [6.07, 6.45) is 8.54. The van der Waals surface area contributed by atoms with Crippen molar-refractivity contribution in [2.75, 3.05) is 18.4 Å². The summed E-state index contributed by atoms with van der Waals surface area (Å²) in [6.45, 7) is 4.17. The Labute approximate surface area is 227 Å². The molecule has 0 saturated carbocycles. The normalized spacial score (nSPS) is 14.2. The second kappa shape index (κ2) is 11.1. The third kappa shape index (κ3) is 5.47. The molecule has 0 unspecified atom stereocenters. The van der Waals surface area contributed by atoms with Crippen LogP contribution in [-0.2, 0) is 6.42 Å². The van der Waals surface area contributed by atoms with Gasteiger partial charge in [-0.1, -0.05) is 18.7 Å². The van der Waals surface area contributed by atoms with E-state index >= 15 is 0 Å². The number of thiophene rings is 1. The largest absolute Gasteiger partial charge is 0.452 e. The van der Waals surface area contributed by atoms with E-state index in [-0.39, 0.29) is 0 Å². The number of nitrogens with one attached hydrogen (secondary N) is 2. The first-order chi connectivity index (χ1) is 18.3. The second-order valence-corrected chi connectivity index (χ2v) is 11.6. The van der Waals surface area contributed by atoms with Crippen molar-refractivity contribution in [3.8, 4) is 11.5 Å². The van der Waals surface area contributed by atoms with Crippen LogP contribution in [0.5, 0.6) is 11.5 Å². The topological polar surface area (TPSA) is 84.9 Å². The van der Waals surface area contributed by atoms with Crippen molar-refractivity contribution in [3.63, 3.8) is 0 Å². The van der Waals surface area contributed by atoms with Gasteiger partial charge in [-0.3, -0.25) is 9.97 Å². The lowest BCUT2D eigenvalue weighted by molar-refractivity contribution is 0.455. The summed E-state index contributed by atoms with van der Waals surface area (Å²) < 4.78 is 7.61. The van der Waals surface area contributed by atoms with E-state index in [0.717, 1.165) is 69.9 Å². The molecule has 0 spiro atoms. The molecule has 2 N–H and O–H groups in total. The molecule has 0 aliphatic carbocycles. The number of ether oxygens (including phenoxy) is 1. The Morgan fingerprint density at radius 3 is 2.89 bits per heavy atom. The highest BCUT2D eigenvalue weighted by molar-refractivity contribution is 7.99. The predicted octanol–water partition coefficient (Wildman–Crippen LogP) is 7.26. The van der Waals surface area contributed by atoms with Crippen LogP contribution >= 0.6 is 34.4 Å². The van der Waals surface area contributed by atoms with Crippen LogP contribution in [0.25, 0.3) is 10.2 Å². The van der Waals surface area contributed by atoms with E-state index < -0.39 is 0 Å². The number of hydrogen-bond donors (Lipinski definition) is 2. The quantitative estimate of drug-likeness (QED) is 0.210. The van der Waals surface area contributed by atoms with Gasteiger partial charge in [0.05, 0.1) is 21.6 Å². The van der Waals surface area contributed by atoms with Gasteiger partial charge in [0, 0.05) is 45.7 Å². The molecule has 37 heavy (non-hydrogen) atoms. The number of thiazole rings is 1. The summed E-state index contributed by atoms with van der Waals surface area (Å²) in [4.78, 5) is 20.8. The number of hydrogen-bond acceptors (Lipinski definition) is 10. The molecule has 10 heteroatoms. The Kier molecular flexibility index (Phi) is 7.31. The summed E-state index contributed by atoms with van der Waals surface area (Å²) in [5.74, 6) is 2.52. The lowest BCUT2D eigenvalue weighted by Crippen LogP contribution is -2.26. The standard InChI is InChI=1S/C27H26N6OS3/c1-2-19-22(4-3-9-29-19)34-23-14-18(37-24-7-12-30-20-8-13-35-25(20)24)15-31-26(23)33-27-32-21(16-36-27)17-5-10-28-11-6-17/h3-4,7-9,12-17,28H,2,5-6,10-11H2,1H3,(H,31,32,33). The molecule has 188 valence electrons. The van der Waals surface area contributed by atoms with Gasteiger partial charge in [-0.25, -0.2) is 9.97 Å². The molecule has 7 nitrogen and oxygen atoms in total. The van der Waals surface area contributed by atoms with Crippen LogP contribution in [0.15, 0.2) is 69.5 Å². The highest BCUT2D eigenvalue weighted by atomic mass is 32.2. The van der Waals surface area contributed by atoms with Gasteiger partial charge in [0.25, 0.3) is 0 Å². The molecule has 1 aliphatic heterocycles. The van der Waals surface area contributed by atoms with Crippen LogP contribution in [-0.4, -0.2) is 33.0 Å². The lowest BCUT2D eigenvalue weighted by atomic mass is 9.96. The van der Waals surface area contributed by atoms with Crippen LogP contribution < -0.4 is 15.4 Å². The first-order valence-electron chi connectivity index (χ1n) is 12.3. The van der Waals surface area contributed by atoms with E-state index in [0.29, 0.717) is 17.5 Å². The van der Waals surface area contributed by atoms with Crippen LogP contribution in [0.4, 0.5) is 10.9 Å². The van der Waals surface area contributed by atoms with Crippen molar-refractivity contribution in [1.82, 2.24) is 25.3 Å². The molecule has 1 saturated heterocycles. The first kappa shape index (κ1) is 24.3. The zero-order chi connectivity index (χ0) is 25.0. The maximum absolute atomic E-state index is 6.44. The average Bonchev–Trinajstić information content (AvgIpc) is 3.61. The van der Waals surface area contributed by atoms with Crippen molar-refractivity contribution in [1.29, 1.82) is 0 Å². The third-order valence-electron chi connectivity index (χ3n) is 6.27. The molecule has 0 atom stereocenters. The van der Waals surface area contributed by atoms with Gasteiger partial charge in [-0.05, 0) is 62.0 Å². The highest BCUT2D eigenvalue weighted by Gasteiger charge is 2.19. The number of rotatable bonds is 8. The van der Waals surface area contributed by atoms with Crippen molar-refractivity contribution in [2.24, 2.45) is 0 Å². The van der Waals surface area contributed by atoms with E-state index in [1.54, 1.807) is 40.6 Å². The summed E-state index contributed by atoms with van der Waals surface area (Å²) in [5.41, 5.74) is 3.07. The number of nitrogens with zero attached hydrogens (tertiary/aromatic N) is 4. The average molecular weight is 547 g/mol. The fourth-order valence-corrected chi connectivity index (χ4v) is 7.03. The number of anilines is 2.